The molecule has 1 saturated heterocycles. The van der Waals surface area contributed by atoms with Gasteiger partial charge in [0, 0.05) is 13.1 Å². The van der Waals surface area contributed by atoms with Gasteiger partial charge in [-0.3, -0.25) is 0 Å². The van der Waals surface area contributed by atoms with Crippen LogP contribution in [-0.2, 0) is 10.2 Å². The van der Waals surface area contributed by atoms with Crippen molar-refractivity contribution in [2.45, 2.75) is 63.8 Å². The smallest absolute Gasteiger partial charge is 0.280 e. The maximum absolute atomic E-state index is 12.7. The molecule has 1 saturated carbocycles. The third-order valence-electron chi connectivity index (χ3n) is 4.84. The molecular weight excluding hydrogens is 306 g/mol. The molecule has 7 heteroatoms. The fraction of sp³-hybridized carbons (Fsp3) is 0.929. The average molecular weight is 334 g/mol. The Morgan fingerprint density at radius 1 is 1.19 bits per heavy atom. The highest BCUT2D eigenvalue weighted by molar-refractivity contribution is 7.87. The van der Waals surface area contributed by atoms with Crippen molar-refractivity contribution < 1.29 is 8.42 Å². The third-order valence-corrected chi connectivity index (χ3v) is 6.92. The third kappa shape index (κ3) is 4.15. The highest BCUT2D eigenvalue weighted by Gasteiger charge is 2.40. The van der Waals surface area contributed by atoms with Gasteiger partial charge in [0.25, 0.3) is 10.2 Å². The van der Waals surface area contributed by atoms with Crippen molar-refractivity contribution in [2.75, 3.05) is 13.1 Å². The van der Waals surface area contributed by atoms with Gasteiger partial charge in [-0.05, 0) is 31.6 Å². The van der Waals surface area contributed by atoms with Crippen LogP contribution < -0.4 is 10.5 Å². The number of piperidine rings is 1. The zero-order chi connectivity index (χ0) is 15.5. The van der Waals surface area contributed by atoms with Crippen LogP contribution in [0.3, 0.4) is 0 Å². The molecule has 21 heavy (non-hydrogen) atoms. The second-order valence-electron chi connectivity index (χ2n) is 6.55. The second kappa shape index (κ2) is 6.89. The van der Waals surface area contributed by atoms with Crippen LogP contribution in [0, 0.1) is 5.92 Å². The Balaban J connectivity index is 2.13. The highest BCUT2D eigenvalue weighted by atomic mass is 32.2. The van der Waals surface area contributed by atoms with Crippen LogP contribution in [-0.4, -0.2) is 36.3 Å². The Morgan fingerprint density at radius 3 is 2.19 bits per heavy atom. The molecule has 0 spiro atoms. The van der Waals surface area contributed by atoms with E-state index in [-0.39, 0.29) is 0 Å². The number of nitrogens with zero attached hydrogens (tertiary/aromatic N) is 1. The molecule has 122 valence electrons. The molecule has 0 aromatic carbocycles. The van der Waals surface area contributed by atoms with Gasteiger partial charge in [0.05, 0.1) is 10.5 Å². The number of nitrogens with one attached hydrogen (secondary N) is 1. The highest BCUT2D eigenvalue weighted by Crippen LogP contribution is 2.29. The Bertz CT molecular complexity index is 463. The first-order chi connectivity index (χ1) is 9.86. The monoisotopic (exact) mass is 333 g/mol. The second-order valence-corrected chi connectivity index (χ2v) is 8.66. The predicted molar refractivity (Wildman–Crippen MR) is 89.2 cm³/mol. The molecule has 0 atom stereocenters. The normalized spacial score (nSPS) is 25.4. The lowest BCUT2D eigenvalue weighted by Crippen LogP contribution is -2.60. The molecule has 0 aromatic rings. The van der Waals surface area contributed by atoms with Crippen molar-refractivity contribution in [1.29, 1.82) is 0 Å². The van der Waals surface area contributed by atoms with Crippen molar-refractivity contribution in [1.82, 2.24) is 9.03 Å². The summed E-state index contributed by atoms with van der Waals surface area (Å²) in [6.07, 6.45) is 7.44. The van der Waals surface area contributed by atoms with E-state index in [1.165, 1.54) is 0 Å². The topological polar surface area (TPSA) is 75.4 Å². The number of hydrogen-bond acceptors (Lipinski definition) is 3. The quantitative estimate of drug-likeness (QED) is 0.609. The molecule has 2 aliphatic rings. The average Bonchev–Trinajstić information content (AvgIpc) is 2.65. The first kappa shape index (κ1) is 17.1. The molecule has 0 radical (unpaired) electrons. The summed E-state index contributed by atoms with van der Waals surface area (Å²) >= 11 is 5.21. The lowest BCUT2D eigenvalue weighted by atomic mass is 9.91. The summed E-state index contributed by atoms with van der Waals surface area (Å²) in [4.78, 5) is 0.290. The van der Waals surface area contributed by atoms with Gasteiger partial charge in [0.2, 0.25) is 0 Å². The largest absolute Gasteiger partial charge is 0.392 e. The van der Waals surface area contributed by atoms with Crippen LogP contribution in [0.4, 0.5) is 0 Å². The number of nitrogens with two attached hydrogens (primary N) is 1. The molecule has 1 heterocycles. The van der Waals surface area contributed by atoms with Crippen LogP contribution in [0.1, 0.15) is 58.3 Å². The maximum atomic E-state index is 12.7. The molecule has 0 bridgehead atoms. The van der Waals surface area contributed by atoms with Crippen LogP contribution in [0.15, 0.2) is 0 Å². The minimum absolute atomic E-state index is 0.290. The minimum atomic E-state index is -3.51. The number of rotatable bonds is 4. The van der Waals surface area contributed by atoms with Gasteiger partial charge in [-0.25, -0.2) is 0 Å². The van der Waals surface area contributed by atoms with E-state index in [0.717, 1.165) is 38.5 Å². The zero-order valence-electron chi connectivity index (χ0n) is 12.8. The van der Waals surface area contributed by atoms with Gasteiger partial charge in [-0.1, -0.05) is 44.8 Å². The fourth-order valence-corrected chi connectivity index (χ4v) is 5.22. The first-order valence-electron chi connectivity index (χ1n) is 7.95. The van der Waals surface area contributed by atoms with Crippen LogP contribution in [0.5, 0.6) is 0 Å². The van der Waals surface area contributed by atoms with E-state index in [0.29, 0.717) is 36.8 Å². The van der Waals surface area contributed by atoms with Gasteiger partial charge in [0.15, 0.2) is 0 Å². The molecule has 1 aliphatic carbocycles. The summed E-state index contributed by atoms with van der Waals surface area (Å²) in [5.41, 5.74) is 5.19. The molecule has 1 aliphatic heterocycles. The van der Waals surface area contributed by atoms with E-state index in [1.807, 2.05) is 0 Å². The molecule has 2 fully saturated rings. The fourth-order valence-electron chi connectivity index (χ4n) is 3.27. The van der Waals surface area contributed by atoms with E-state index < -0.39 is 15.7 Å². The molecule has 0 aromatic heterocycles. The first-order valence-corrected chi connectivity index (χ1v) is 9.79. The van der Waals surface area contributed by atoms with E-state index in [1.54, 1.807) is 4.31 Å². The number of thiocarbonyl (C=S) groups is 1. The van der Waals surface area contributed by atoms with Crippen molar-refractivity contribution in [3.05, 3.63) is 0 Å². The van der Waals surface area contributed by atoms with Crippen LogP contribution >= 0.6 is 12.2 Å². The standard InChI is InChI=1S/C14H27N3O2S2/c1-12-6-10-17(11-7-12)21(18,19)16-14(13(15)20)8-4-2-3-5-9-14/h12,16H,2-11H2,1H3,(H2,15,20). The summed E-state index contributed by atoms with van der Waals surface area (Å²) in [5, 5.41) is 0. The minimum Gasteiger partial charge on any atom is -0.392 e. The Morgan fingerprint density at radius 2 is 1.71 bits per heavy atom. The Labute approximate surface area is 133 Å². The predicted octanol–water partition coefficient (Wildman–Crippen LogP) is 1.93. The zero-order valence-corrected chi connectivity index (χ0v) is 14.4. The van der Waals surface area contributed by atoms with Gasteiger partial charge in [-0.2, -0.15) is 17.4 Å². The van der Waals surface area contributed by atoms with Crippen molar-refractivity contribution in [3.8, 4) is 0 Å². The van der Waals surface area contributed by atoms with Gasteiger partial charge >= 0.3 is 0 Å². The Kier molecular flexibility index (Phi) is 5.62. The summed E-state index contributed by atoms with van der Waals surface area (Å²) < 4.78 is 29.8. The molecular formula is C14H27N3O2S2. The van der Waals surface area contributed by atoms with E-state index in [9.17, 15) is 8.42 Å². The lowest BCUT2D eigenvalue weighted by Gasteiger charge is -2.36. The van der Waals surface area contributed by atoms with E-state index in [2.05, 4.69) is 11.6 Å². The van der Waals surface area contributed by atoms with Crippen molar-refractivity contribution in [3.63, 3.8) is 0 Å². The van der Waals surface area contributed by atoms with Crippen molar-refractivity contribution >= 4 is 27.4 Å². The van der Waals surface area contributed by atoms with Crippen molar-refractivity contribution in [2.24, 2.45) is 11.7 Å². The summed E-state index contributed by atoms with van der Waals surface area (Å²) in [5.74, 6) is 0.596. The van der Waals surface area contributed by atoms with E-state index >= 15 is 0 Å². The lowest BCUT2D eigenvalue weighted by molar-refractivity contribution is 0.279. The molecule has 0 amide bonds. The summed E-state index contributed by atoms with van der Waals surface area (Å²) in [6, 6.07) is 0. The van der Waals surface area contributed by atoms with E-state index in [4.69, 9.17) is 18.0 Å². The Hall–Kier alpha value is -0.240. The molecule has 0 unspecified atom stereocenters. The van der Waals surface area contributed by atoms with Crippen LogP contribution in [0.2, 0.25) is 0 Å². The summed E-state index contributed by atoms with van der Waals surface area (Å²) in [6.45, 7) is 3.34. The van der Waals surface area contributed by atoms with Crippen LogP contribution in [0.25, 0.3) is 0 Å². The van der Waals surface area contributed by atoms with Gasteiger partial charge in [-0.15, -0.1) is 0 Å². The molecule has 2 rings (SSSR count). The molecule has 3 N–H and O–H groups in total. The summed E-state index contributed by atoms with van der Waals surface area (Å²) in [7, 11) is -3.51. The van der Waals surface area contributed by atoms with Gasteiger partial charge < -0.3 is 5.73 Å². The SMILES string of the molecule is CC1CCN(S(=O)(=O)NC2(C(N)=S)CCCCCC2)CC1. The maximum Gasteiger partial charge on any atom is 0.280 e. The van der Waals surface area contributed by atoms with Gasteiger partial charge in [0.1, 0.15) is 0 Å². The molecule has 5 nitrogen and oxygen atoms in total. The number of hydrogen-bond donors (Lipinski definition) is 2.